The molecule has 7 heteroatoms. The van der Waals surface area contributed by atoms with Crippen LogP contribution in [-0.4, -0.2) is 63.0 Å². The number of aromatic nitrogens is 2. The summed E-state index contributed by atoms with van der Waals surface area (Å²) in [6.45, 7) is 2.97. The normalized spacial score (nSPS) is 17.0. The van der Waals surface area contributed by atoms with Gasteiger partial charge in [-0.25, -0.2) is 0 Å². The van der Waals surface area contributed by atoms with Crippen LogP contribution in [0.4, 0.5) is 0 Å². The number of nitrogens with one attached hydrogen (secondary N) is 1. The minimum Gasteiger partial charge on any atom is -0.359 e. The van der Waals surface area contributed by atoms with Crippen LogP contribution in [0.15, 0.2) is 55.0 Å². The first-order valence-corrected chi connectivity index (χ1v) is 9.17. The highest BCUT2D eigenvalue weighted by atomic mass is 16.2. The molecule has 2 aromatic heterocycles. The zero-order valence-electron chi connectivity index (χ0n) is 15.5. The molecule has 1 atom stereocenters. The van der Waals surface area contributed by atoms with Crippen molar-refractivity contribution in [2.45, 2.75) is 13.0 Å². The largest absolute Gasteiger partial charge is 0.359 e. The van der Waals surface area contributed by atoms with E-state index < -0.39 is 11.7 Å². The van der Waals surface area contributed by atoms with E-state index in [1.807, 2.05) is 25.1 Å². The summed E-state index contributed by atoms with van der Waals surface area (Å²) in [6.07, 6.45) is 4.76. The van der Waals surface area contributed by atoms with Crippen LogP contribution < -0.4 is 0 Å². The predicted molar refractivity (Wildman–Crippen MR) is 104 cm³/mol. The van der Waals surface area contributed by atoms with E-state index in [0.717, 1.165) is 0 Å². The zero-order chi connectivity index (χ0) is 19.7. The maximum absolute atomic E-state index is 12.8. The van der Waals surface area contributed by atoms with Crippen molar-refractivity contribution in [2.24, 2.45) is 0 Å². The molecule has 1 unspecified atom stereocenters. The Hall–Kier alpha value is -3.48. The third kappa shape index (κ3) is 3.15. The second-order valence-electron chi connectivity index (χ2n) is 6.92. The number of H-pyrrole nitrogens is 1. The average Bonchev–Trinajstić information content (AvgIpc) is 3.17. The quantitative estimate of drug-likeness (QED) is 0.560. The summed E-state index contributed by atoms with van der Waals surface area (Å²) < 4.78 is 0. The molecule has 0 radical (unpaired) electrons. The second-order valence-corrected chi connectivity index (χ2v) is 6.92. The Morgan fingerprint density at radius 2 is 1.89 bits per heavy atom. The van der Waals surface area contributed by atoms with Crippen molar-refractivity contribution in [3.8, 4) is 0 Å². The van der Waals surface area contributed by atoms with Crippen LogP contribution >= 0.6 is 0 Å². The fraction of sp³-hybridized carbons (Fsp3) is 0.238. The van der Waals surface area contributed by atoms with Gasteiger partial charge >= 0.3 is 0 Å². The molecule has 1 aliphatic heterocycles. The molecule has 1 fully saturated rings. The Morgan fingerprint density at radius 3 is 2.64 bits per heavy atom. The number of Topliss-reactive ketones (excluding diaryl/α,β-unsaturated/α-hetero) is 1. The zero-order valence-corrected chi connectivity index (χ0v) is 15.5. The molecule has 1 saturated heterocycles. The molecule has 142 valence electrons. The summed E-state index contributed by atoms with van der Waals surface area (Å²) in [5.74, 6) is -1.15. The predicted octanol–water partition coefficient (Wildman–Crippen LogP) is 2.12. The highest BCUT2D eigenvalue weighted by Gasteiger charge is 2.34. The van der Waals surface area contributed by atoms with Gasteiger partial charge in [-0.2, -0.15) is 0 Å². The lowest BCUT2D eigenvalue weighted by molar-refractivity contribution is -0.130. The van der Waals surface area contributed by atoms with Gasteiger partial charge in [0.05, 0.1) is 17.3 Å². The molecule has 0 spiro atoms. The summed E-state index contributed by atoms with van der Waals surface area (Å²) in [5.41, 5.74) is 1.68. The first-order chi connectivity index (χ1) is 13.6. The van der Waals surface area contributed by atoms with Crippen molar-refractivity contribution in [3.63, 3.8) is 0 Å². The standard InChI is InChI=1S/C21H20N4O3/c1-14-13-24(20(27)15-5-3-2-4-6-15)9-10-25(14)21(28)19(26)17-11-23-18-12-22-8-7-16(17)18/h2-8,11-12,14,23H,9-10,13H2,1H3. The molecule has 0 aliphatic carbocycles. The Bertz CT molecular complexity index is 1040. The minimum absolute atomic E-state index is 0.0602. The summed E-state index contributed by atoms with van der Waals surface area (Å²) in [6, 6.07) is 10.5. The lowest BCUT2D eigenvalue weighted by Gasteiger charge is -2.39. The van der Waals surface area contributed by atoms with E-state index in [2.05, 4.69) is 9.97 Å². The van der Waals surface area contributed by atoms with Crippen molar-refractivity contribution in [3.05, 3.63) is 66.1 Å². The Labute approximate surface area is 162 Å². The van der Waals surface area contributed by atoms with Gasteiger partial charge in [0.15, 0.2) is 0 Å². The van der Waals surface area contributed by atoms with Gasteiger partial charge in [-0.05, 0) is 25.1 Å². The SMILES string of the molecule is CC1CN(C(=O)c2ccccc2)CCN1C(=O)C(=O)c1c[nH]c2cnccc12. The molecule has 1 aromatic carbocycles. The lowest BCUT2D eigenvalue weighted by Crippen LogP contribution is -2.56. The Kier molecular flexibility index (Phi) is 4.65. The van der Waals surface area contributed by atoms with Crippen molar-refractivity contribution in [1.29, 1.82) is 0 Å². The van der Waals surface area contributed by atoms with E-state index in [-0.39, 0.29) is 11.9 Å². The van der Waals surface area contributed by atoms with Crippen LogP contribution in [0.1, 0.15) is 27.6 Å². The average molecular weight is 376 g/mol. The van der Waals surface area contributed by atoms with Crippen LogP contribution in [0, 0.1) is 0 Å². The summed E-state index contributed by atoms with van der Waals surface area (Å²) in [5, 5.41) is 0.680. The van der Waals surface area contributed by atoms with Crippen LogP contribution in [0.3, 0.4) is 0 Å². The molecule has 1 aliphatic rings. The smallest absolute Gasteiger partial charge is 0.295 e. The van der Waals surface area contributed by atoms with E-state index >= 15 is 0 Å². The summed E-state index contributed by atoms with van der Waals surface area (Å²) in [4.78, 5) is 48.5. The van der Waals surface area contributed by atoms with E-state index in [1.54, 1.807) is 46.6 Å². The molecule has 0 saturated carbocycles. The van der Waals surface area contributed by atoms with Gasteiger partial charge in [-0.1, -0.05) is 18.2 Å². The number of amides is 2. The van der Waals surface area contributed by atoms with Gasteiger partial charge in [-0.15, -0.1) is 0 Å². The highest BCUT2D eigenvalue weighted by molar-refractivity contribution is 6.44. The number of ketones is 1. The minimum atomic E-state index is -0.549. The van der Waals surface area contributed by atoms with Crippen molar-refractivity contribution < 1.29 is 14.4 Å². The fourth-order valence-electron chi connectivity index (χ4n) is 3.61. The first kappa shape index (κ1) is 17.9. The number of pyridine rings is 1. The first-order valence-electron chi connectivity index (χ1n) is 9.17. The molecular weight excluding hydrogens is 356 g/mol. The van der Waals surface area contributed by atoms with Crippen LogP contribution in [0.25, 0.3) is 10.9 Å². The van der Waals surface area contributed by atoms with Crippen molar-refractivity contribution in [2.75, 3.05) is 19.6 Å². The number of fused-ring (bicyclic) bond motifs is 1. The van der Waals surface area contributed by atoms with Crippen LogP contribution in [0.5, 0.6) is 0 Å². The number of benzene rings is 1. The molecule has 3 aromatic rings. The Balaban J connectivity index is 1.48. The number of hydrogen-bond acceptors (Lipinski definition) is 4. The number of nitrogens with zero attached hydrogens (tertiary/aromatic N) is 3. The molecule has 2 amide bonds. The number of piperazine rings is 1. The number of hydrogen-bond donors (Lipinski definition) is 1. The van der Waals surface area contributed by atoms with E-state index in [0.29, 0.717) is 41.7 Å². The second kappa shape index (κ2) is 7.26. The molecule has 28 heavy (non-hydrogen) atoms. The molecular formula is C21H20N4O3. The maximum atomic E-state index is 12.8. The van der Waals surface area contributed by atoms with Crippen molar-refractivity contribution >= 4 is 28.5 Å². The van der Waals surface area contributed by atoms with Gasteiger partial charge in [0.25, 0.3) is 17.6 Å². The number of aromatic amines is 1. The van der Waals surface area contributed by atoms with Crippen molar-refractivity contribution in [1.82, 2.24) is 19.8 Å². The van der Waals surface area contributed by atoms with Crippen LogP contribution in [0.2, 0.25) is 0 Å². The third-order valence-corrected chi connectivity index (χ3v) is 5.12. The van der Waals surface area contributed by atoms with Gasteiger partial charge in [-0.3, -0.25) is 19.4 Å². The third-order valence-electron chi connectivity index (χ3n) is 5.12. The topological polar surface area (TPSA) is 86.4 Å². The molecule has 0 bridgehead atoms. The summed E-state index contributed by atoms with van der Waals surface area (Å²) in [7, 11) is 0. The van der Waals surface area contributed by atoms with Gasteiger partial charge in [0.2, 0.25) is 0 Å². The number of rotatable bonds is 3. The van der Waals surface area contributed by atoms with Gasteiger partial charge < -0.3 is 14.8 Å². The monoisotopic (exact) mass is 376 g/mol. The molecule has 4 rings (SSSR count). The van der Waals surface area contributed by atoms with E-state index in [4.69, 9.17) is 0 Å². The lowest BCUT2D eigenvalue weighted by atomic mass is 10.1. The molecule has 3 heterocycles. The van der Waals surface area contributed by atoms with E-state index in [1.165, 1.54) is 0 Å². The molecule has 1 N–H and O–H groups in total. The fourth-order valence-corrected chi connectivity index (χ4v) is 3.61. The van der Waals surface area contributed by atoms with E-state index in [9.17, 15) is 14.4 Å². The number of carbonyl (C=O) groups excluding carboxylic acids is 3. The number of carbonyl (C=O) groups is 3. The Morgan fingerprint density at radius 1 is 1.11 bits per heavy atom. The molecule has 7 nitrogen and oxygen atoms in total. The maximum Gasteiger partial charge on any atom is 0.295 e. The summed E-state index contributed by atoms with van der Waals surface area (Å²) >= 11 is 0. The van der Waals surface area contributed by atoms with Gasteiger partial charge in [0.1, 0.15) is 0 Å². The highest BCUT2D eigenvalue weighted by Crippen LogP contribution is 2.20. The van der Waals surface area contributed by atoms with Gasteiger partial charge in [0, 0.05) is 49.0 Å². The van der Waals surface area contributed by atoms with Crippen LogP contribution in [-0.2, 0) is 4.79 Å².